The number of ether oxygens (including phenoxy) is 2. The predicted molar refractivity (Wildman–Crippen MR) is 90.0 cm³/mol. The Morgan fingerprint density at radius 2 is 0.964 bits per heavy atom. The van der Waals surface area contributed by atoms with Crippen molar-refractivity contribution in [2.45, 2.75) is 6.41 Å². The normalized spacial score (nSPS) is 10.4. The van der Waals surface area contributed by atoms with Gasteiger partial charge in [-0.3, -0.25) is 5.73 Å². The van der Waals surface area contributed by atoms with E-state index in [1.54, 1.807) is 0 Å². The molecule has 0 spiro atoms. The van der Waals surface area contributed by atoms with E-state index in [2.05, 4.69) is 0 Å². The number of aromatic carboxylic acids is 4. The van der Waals surface area contributed by atoms with E-state index in [-0.39, 0.29) is 11.5 Å². The maximum Gasteiger partial charge on any atom is 0.336 e. The summed E-state index contributed by atoms with van der Waals surface area (Å²) in [5.74, 6) is -6.10. The van der Waals surface area contributed by atoms with Crippen molar-refractivity contribution in [2.24, 2.45) is 5.73 Å². The third kappa shape index (κ3) is 4.53. The third-order valence-corrected chi connectivity index (χ3v) is 3.41. The molecule has 2 aromatic rings. The maximum absolute atomic E-state index is 11.2. The van der Waals surface area contributed by atoms with Gasteiger partial charge in [-0.05, 0) is 36.4 Å². The lowest BCUT2D eigenvalue weighted by Gasteiger charge is -2.17. The van der Waals surface area contributed by atoms with E-state index >= 15 is 0 Å². The zero-order chi connectivity index (χ0) is 21.0. The lowest BCUT2D eigenvalue weighted by atomic mass is 10.1. The number of carbonyl (C=O) groups is 4. The van der Waals surface area contributed by atoms with Crippen LogP contribution in [0.25, 0.3) is 0 Å². The Morgan fingerprint density at radius 3 is 1.25 bits per heavy atom. The van der Waals surface area contributed by atoms with Gasteiger partial charge in [0.25, 0.3) is 6.41 Å². The Labute approximate surface area is 156 Å². The topological polar surface area (TPSA) is 194 Å². The van der Waals surface area contributed by atoms with Crippen LogP contribution in [-0.2, 0) is 0 Å². The molecule has 0 unspecified atom stereocenters. The molecule has 2 aromatic carbocycles. The standard InChI is InChI=1S/C17H13NO10/c18-17(27-7-1-3-9(13(19)20)11(5-7)15(23)24)28-8-2-4-10(14(21)22)12(6-8)16(25)26/h1-6,17H,18H2,(H,19,20)(H,21,22)(H,23,24)(H,25,26). The molecular weight excluding hydrogens is 378 g/mol. The summed E-state index contributed by atoms with van der Waals surface area (Å²) < 4.78 is 10.3. The fourth-order valence-corrected chi connectivity index (χ4v) is 2.21. The van der Waals surface area contributed by atoms with E-state index in [0.29, 0.717) is 0 Å². The highest BCUT2D eigenvalue weighted by Gasteiger charge is 2.20. The number of hydrogen-bond acceptors (Lipinski definition) is 7. The van der Waals surface area contributed by atoms with E-state index < -0.39 is 52.5 Å². The summed E-state index contributed by atoms with van der Waals surface area (Å²) in [6.45, 7) is 0. The Hall–Kier alpha value is -4.12. The monoisotopic (exact) mass is 391 g/mol. The van der Waals surface area contributed by atoms with Crippen LogP contribution >= 0.6 is 0 Å². The molecule has 28 heavy (non-hydrogen) atoms. The average Bonchev–Trinajstić information content (AvgIpc) is 2.60. The first-order valence-corrected chi connectivity index (χ1v) is 7.40. The summed E-state index contributed by atoms with van der Waals surface area (Å²) in [4.78, 5) is 44.4. The van der Waals surface area contributed by atoms with Gasteiger partial charge in [0.15, 0.2) is 0 Å². The highest BCUT2D eigenvalue weighted by molar-refractivity contribution is 6.02. The lowest BCUT2D eigenvalue weighted by Crippen LogP contribution is -2.33. The van der Waals surface area contributed by atoms with Crippen LogP contribution in [-0.4, -0.2) is 50.7 Å². The van der Waals surface area contributed by atoms with Gasteiger partial charge >= 0.3 is 23.9 Å². The molecule has 0 aliphatic rings. The molecule has 0 heterocycles. The fourth-order valence-electron chi connectivity index (χ4n) is 2.21. The summed E-state index contributed by atoms with van der Waals surface area (Å²) in [7, 11) is 0. The molecule has 0 amide bonds. The number of rotatable bonds is 8. The molecule has 11 heteroatoms. The van der Waals surface area contributed by atoms with E-state index in [9.17, 15) is 19.2 Å². The SMILES string of the molecule is NC(Oc1ccc(C(=O)O)c(C(=O)O)c1)Oc1ccc(C(=O)O)c(C(=O)O)c1. The van der Waals surface area contributed by atoms with Crippen LogP contribution in [0.5, 0.6) is 11.5 Å². The van der Waals surface area contributed by atoms with Gasteiger partial charge in [-0.1, -0.05) is 0 Å². The number of hydrogen-bond donors (Lipinski definition) is 5. The van der Waals surface area contributed by atoms with Gasteiger partial charge in [0.2, 0.25) is 0 Å². The average molecular weight is 391 g/mol. The first-order chi connectivity index (χ1) is 13.1. The Balaban J connectivity index is 2.21. The summed E-state index contributed by atoms with van der Waals surface area (Å²) in [5.41, 5.74) is 3.64. The number of carboxylic acids is 4. The molecule has 6 N–H and O–H groups in total. The summed E-state index contributed by atoms with van der Waals surface area (Å²) >= 11 is 0. The number of benzene rings is 2. The van der Waals surface area contributed by atoms with Crippen molar-refractivity contribution in [2.75, 3.05) is 0 Å². The van der Waals surface area contributed by atoms with Crippen LogP contribution in [0.4, 0.5) is 0 Å². The molecule has 0 saturated carbocycles. The Morgan fingerprint density at radius 1 is 0.643 bits per heavy atom. The Bertz CT molecular complexity index is 891. The van der Waals surface area contributed by atoms with Gasteiger partial charge in [-0.25, -0.2) is 19.2 Å². The van der Waals surface area contributed by atoms with Crippen LogP contribution in [0, 0.1) is 0 Å². The molecule has 0 aromatic heterocycles. The largest absolute Gasteiger partial charge is 0.478 e. The van der Waals surface area contributed by atoms with E-state index in [0.717, 1.165) is 36.4 Å². The maximum atomic E-state index is 11.2. The highest BCUT2D eigenvalue weighted by atomic mass is 16.7. The molecule has 0 fully saturated rings. The van der Waals surface area contributed by atoms with Crippen molar-refractivity contribution in [1.29, 1.82) is 0 Å². The molecule has 0 atom stereocenters. The van der Waals surface area contributed by atoms with E-state index in [4.69, 9.17) is 35.6 Å². The summed E-state index contributed by atoms with van der Waals surface area (Å²) in [5, 5.41) is 36.1. The predicted octanol–water partition coefficient (Wildman–Crippen LogP) is 1.18. The molecule has 0 aliphatic heterocycles. The molecule has 0 bridgehead atoms. The second-order valence-electron chi connectivity index (χ2n) is 5.24. The first-order valence-electron chi connectivity index (χ1n) is 7.40. The highest BCUT2D eigenvalue weighted by Crippen LogP contribution is 2.22. The van der Waals surface area contributed by atoms with Crippen LogP contribution in [0.15, 0.2) is 36.4 Å². The summed E-state index contributed by atoms with van der Waals surface area (Å²) in [6.07, 6.45) is -1.53. The fraction of sp³-hybridized carbons (Fsp3) is 0.0588. The van der Waals surface area contributed by atoms with Crippen molar-refractivity contribution in [3.63, 3.8) is 0 Å². The Kier molecular flexibility index (Phi) is 5.81. The molecule has 2 rings (SSSR count). The minimum absolute atomic E-state index is 0.115. The zero-order valence-electron chi connectivity index (χ0n) is 13.9. The smallest absolute Gasteiger partial charge is 0.336 e. The summed E-state index contributed by atoms with van der Waals surface area (Å²) in [6, 6.07) is 6.22. The first kappa shape index (κ1) is 20.2. The molecule has 0 saturated heterocycles. The molecule has 0 radical (unpaired) electrons. The molecular formula is C17H13NO10. The quantitative estimate of drug-likeness (QED) is 0.405. The number of nitrogens with two attached hydrogens (primary N) is 1. The van der Waals surface area contributed by atoms with Crippen molar-refractivity contribution < 1.29 is 49.1 Å². The van der Waals surface area contributed by atoms with Crippen LogP contribution in [0.3, 0.4) is 0 Å². The molecule has 0 aliphatic carbocycles. The van der Waals surface area contributed by atoms with Crippen LogP contribution in [0.1, 0.15) is 41.4 Å². The van der Waals surface area contributed by atoms with Gasteiger partial charge in [0.05, 0.1) is 22.3 Å². The van der Waals surface area contributed by atoms with Crippen LogP contribution < -0.4 is 15.2 Å². The van der Waals surface area contributed by atoms with Crippen molar-refractivity contribution >= 4 is 23.9 Å². The molecule has 11 nitrogen and oxygen atoms in total. The van der Waals surface area contributed by atoms with Gasteiger partial charge < -0.3 is 29.9 Å². The number of carboxylic acid groups (broad SMARTS) is 4. The van der Waals surface area contributed by atoms with E-state index in [1.807, 2.05) is 0 Å². The minimum atomic E-state index is -1.53. The van der Waals surface area contributed by atoms with Crippen LogP contribution in [0.2, 0.25) is 0 Å². The van der Waals surface area contributed by atoms with Gasteiger partial charge in [-0.2, -0.15) is 0 Å². The second-order valence-corrected chi connectivity index (χ2v) is 5.24. The second kappa shape index (κ2) is 8.05. The van der Waals surface area contributed by atoms with Crippen molar-refractivity contribution in [3.8, 4) is 11.5 Å². The minimum Gasteiger partial charge on any atom is -0.478 e. The van der Waals surface area contributed by atoms with Gasteiger partial charge in [0.1, 0.15) is 11.5 Å². The van der Waals surface area contributed by atoms with Gasteiger partial charge in [0, 0.05) is 0 Å². The van der Waals surface area contributed by atoms with Gasteiger partial charge in [-0.15, -0.1) is 0 Å². The van der Waals surface area contributed by atoms with E-state index in [1.165, 1.54) is 0 Å². The lowest BCUT2D eigenvalue weighted by molar-refractivity contribution is 0.0114. The van der Waals surface area contributed by atoms with Crippen molar-refractivity contribution in [3.05, 3.63) is 58.7 Å². The zero-order valence-corrected chi connectivity index (χ0v) is 13.9. The van der Waals surface area contributed by atoms with Crippen molar-refractivity contribution in [1.82, 2.24) is 0 Å². The third-order valence-electron chi connectivity index (χ3n) is 3.41. The molecule has 146 valence electrons.